The molecule has 2 aliphatic rings. The van der Waals surface area contributed by atoms with E-state index < -0.39 is 0 Å². The van der Waals surface area contributed by atoms with Gasteiger partial charge < -0.3 is 37.9 Å². The zero-order chi connectivity index (χ0) is 30.3. The molecule has 2 aromatic rings. The average molecular weight is 601 g/mol. The molecule has 2 fully saturated rings. The molecule has 4 atom stereocenters. The van der Waals surface area contributed by atoms with Crippen LogP contribution in [-0.2, 0) is 33.8 Å². The second kappa shape index (κ2) is 17.9. The Morgan fingerprint density at radius 1 is 0.651 bits per heavy atom. The van der Waals surface area contributed by atoms with E-state index in [0.29, 0.717) is 39.6 Å². The molecule has 2 heterocycles. The van der Waals surface area contributed by atoms with Crippen LogP contribution in [0.2, 0.25) is 0 Å². The molecule has 0 aromatic heterocycles. The molecule has 2 saturated heterocycles. The zero-order valence-corrected chi connectivity index (χ0v) is 26.6. The molecular formula is C35H52O8. The van der Waals surface area contributed by atoms with Crippen molar-refractivity contribution in [3.8, 4) is 11.5 Å². The number of hydrogen-bond donors (Lipinski definition) is 0. The molecule has 0 radical (unpaired) electrons. The summed E-state index contributed by atoms with van der Waals surface area (Å²) in [4.78, 5) is 0. The smallest absolute Gasteiger partial charge is 0.119 e. The lowest BCUT2D eigenvalue weighted by molar-refractivity contribution is -0.0417. The highest BCUT2D eigenvalue weighted by Crippen LogP contribution is 2.33. The molecule has 0 N–H and O–H groups in total. The largest absolute Gasteiger partial charge is 0.491 e. The normalized spacial score (nSPS) is 19.2. The maximum absolute atomic E-state index is 6.10. The van der Waals surface area contributed by atoms with Crippen molar-refractivity contribution in [3.05, 3.63) is 59.7 Å². The highest BCUT2D eigenvalue weighted by molar-refractivity contribution is 5.41. The van der Waals surface area contributed by atoms with E-state index >= 15 is 0 Å². The van der Waals surface area contributed by atoms with Crippen LogP contribution in [0.3, 0.4) is 0 Å². The van der Waals surface area contributed by atoms with Crippen LogP contribution in [0.25, 0.3) is 0 Å². The van der Waals surface area contributed by atoms with E-state index in [1.54, 1.807) is 0 Å². The molecule has 8 heteroatoms. The van der Waals surface area contributed by atoms with Crippen LogP contribution >= 0.6 is 0 Å². The molecule has 8 nitrogen and oxygen atoms in total. The lowest BCUT2D eigenvalue weighted by atomic mass is 9.78. The summed E-state index contributed by atoms with van der Waals surface area (Å²) in [5, 5.41) is 0. The maximum Gasteiger partial charge on any atom is 0.119 e. The van der Waals surface area contributed by atoms with Gasteiger partial charge in [0.05, 0.1) is 39.6 Å². The van der Waals surface area contributed by atoms with Crippen molar-refractivity contribution in [2.75, 3.05) is 66.1 Å². The fraction of sp³-hybridized carbons (Fsp3) is 0.657. The van der Waals surface area contributed by atoms with Crippen LogP contribution < -0.4 is 9.47 Å². The number of ether oxygens (including phenoxy) is 8. The van der Waals surface area contributed by atoms with Gasteiger partial charge in [0.25, 0.3) is 0 Å². The van der Waals surface area contributed by atoms with E-state index in [-0.39, 0.29) is 29.8 Å². The van der Waals surface area contributed by atoms with Gasteiger partial charge in [0.15, 0.2) is 0 Å². The molecule has 0 spiro atoms. The minimum Gasteiger partial charge on any atom is -0.491 e. The van der Waals surface area contributed by atoms with Crippen molar-refractivity contribution in [2.24, 2.45) is 0 Å². The Kier molecular flexibility index (Phi) is 14.1. The standard InChI is InChI=1S/C35H52O8/c1-5-7-17-36-19-31(40-23-33-25-42-33)21-38-29-13-9-27(10-14-29)35(3,4)28-11-15-30(16-12-28)39-22-32(20-37-18-8-6-2)41-24-34-26-43-34/h9-16,31-34H,5-8,17-26H2,1-4H3. The Morgan fingerprint density at radius 3 is 1.40 bits per heavy atom. The van der Waals surface area contributed by atoms with Crippen molar-refractivity contribution in [2.45, 2.75) is 83.2 Å². The van der Waals surface area contributed by atoms with Gasteiger partial charge in [0.2, 0.25) is 0 Å². The van der Waals surface area contributed by atoms with Crippen LogP contribution in [0.5, 0.6) is 11.5 Å². The molecule has 0 saturated carbocycles. The van der Waals surface area contributed by atoms with E-state index in [0.717, 1.165) is 63.6 Å². The minimum atomic E-state index is -0.191. The predicted molar refractivity (Wildman–Crippen MR) is 166 cm³/mol. The van der Waals surface area contributed by atoms with Crippen molar-refractivity contribution >= 4 is 0 Å². The van der Waals surface area contributed by atoms with Crippen LogP contribution in [-0.4, -0.2) is 90.5 Å². The van der Waals surface area contributed by atoms with Gasteiger partial charge in [-0.05, 0) is 48.2 Å². The molecule has 0 bridgehead atoms. The molecular weight excluding hydrogens is 548 g/mol. The summed E-state index contributed by atoms with van der Waals surface area (Å²) in [7, 11) is 0. The predicted octanol–water partition coefficient (Wildman–Crippen LogP) is 5.97. The summed E-state index contributed by atoms with van der Waals surface area (Å²) in [6.45, 7) is 14.9. The summed E-state index contributed by atoms with van der Waals surface area (Å²) < 4.78 is 46.3. The average Bonchev–Trinajstić information content (AvgIpc) is 3.96. The minimum absolute atomic E-state index is 0.124. The van der Waals surface area contributed by atoms with Gasteiger partial charge in [0, 0.05) is 18.6 Å². The first kappa shape index (κ1) is 33.7. The monoisotopic (exact) mass is 600 g/mol. The molecule has 4 rings (SSSR count). The highest BCUT2D eigenvalue weighted by atomic mass is 16.6. The fourth-order valence-corrected chi connectivity index (χ4v) is 4.51. The Hall–Kier alpha value is -2.20. The number of hydrogen-bond acceptors (Lipinski definition) is 8. The maximum atomic E-state index is 6.10. The van der Waals surface area contributed by atoms with Crippen molar-refractivity contribution < 1.29 is 37.9 Å². The van der Waals surface area contributed by atoms with Crippen molar-refractivity contribution in [1.29, 1.82) is 0 Å². The molecule has 0 aliphatic carbocycles. The van der Waals surface area contributed by atoms with E-state index in [1.807, 2.05) is 24.3 Å². The zero-order valence-electron chi connectivity index (χ0n) is 26.6. The third-order valence-corrected chi connectivity index (χ3v) is 7.76. The van der Waals surface area contributed by atoms with Crippen LogP contribution in [0.4, 0.5) is 0 Å². The summed E-state index contributed by atoms with van der Waals surface area (Å²) in [5.74, 6) is 1.63. The summed E-state index contributed by atoms with van der Waals surface area (Å²) in [6, 6.07) is 16.7. The first-order valence-electron chi connectivity index (χ1n) is 16.1. The molecule has 2 aromatic carbocycles. The molecule has 43 heavy (non-hydrogen) atoms. The Labute approximate surface area is 258 Å². The summed E-state index contributed by atoms with van der Waals surface area (Å²) in [6.07, 6.45) is 4.50. The Bertz CT molecular complexity index is 936. The highest BCUT2D eigenvalue weighted by Gasteiger charge is 2.26. The third-order valence-electron chi connectivity index (χ3n) is 7.76. The van der Waals surface area contributed by atoms with Crippen molar-refractivity contribution in [1.82, 2.24) is 0 Å². The molecule has 2 aliphatic heterocycles. The summed E-state index contributed by atoms with van der Waals surface area (Å²) in [5.41, 5.74) is 2.22. The van der Waals surface area contributed by atoms with E-state index in [9.17, 15) is 0 Å². The second-order valence-corrected chi connectivity index (χ2v) is 12.0. The SMILES string of the molecule is CCCCOCC(COc1ccc(C(C)(C)c2ccc(OCC(COCCCC)OCC3CO3)cc2)cc1)OCC1CO1. The van der Waals surface area contributed by atoms with Crippen molar-refractivity contribution in [3.63, 3.8) is 0 Å². The van der Waals surface area contributed by atoms with Crippen LogP contribution in [0.1, 0.15) is 64.5 Å². The number of rotatable bonds is 24. The van der Waals surface area contributed by atoms with Crippen LogP contribution in [0, 0.1) is 0 Å². The molecule has 4 unspecified atom stereocenters. The van der Waals surface area contributed by atoms with Gasteiger partial charge in [-0.15, -0.1) is 0 Å². The molecule has 0 amide bonds. The van der Waals surface area contributed by atoms with E-state index in [1.165, 1.54) is 11.1 Å². The fourth-order valence-electron chi connectivity index (χ4n) is 4.51. The second-order valence-electron chi connectivity index (χ2n) is 12.0. The van der Waals surface area contributed by atoms with Gasteiger partial charge in [-0.25, -0.2) is 0 Å². The summed E-state index contributed by atoms with van der Waals surface area (Å²) >= 11 is 0. The lowest BCUT2D eigenvalue weighted by Gasteiger charge is -2.27. The van der Waals surface area contributed by atoms with Gasteiger partial charge in [-0.2, -0.15) is 0 Å². The van der Waals surface area contributed by atoms with Gasteiger partial charge in [0.1, 0.15) is 49.1 Å². The third kappa shape index (κ3) is 12.4. The van der Waals surface area contributed by atoms with Gasteiger partial charge >= 0.3 is 0 Å². The quantitative estimate of drug-likeness (QED) is 0.108. The van der Waals surface area contributed by atoms with E-state index in [2.05, 4.69) is 52.0 Å². The van der Waals surface area contributed by atoms with E-state index in [4.69, 9.17) is 37.9 Å². The first-order chi connectivity index (χ1) is 21.0. The Balaban J connectivity index is 1.26. The Morgan fingerprint density at radius 2 is 1.05 bits per heavy atom. The first-order valence-corrected chi connectivity index (χ1v) is 16.1. The number of epoxide rings is 2. The van der Waals surface area contributed by atoms with Crippen LogP contribution in [0.15, 0.2) is 48.5 Å². The molecule has 240 valence electrons. The van der Waals surface area contributed by atoms with Gasteiger partial charge in [-0.3, -0.25) is 0 Å². The van der Waals surface area contributed by atoms with Gasteiger partial charge in [-0.1, -0.05) is 64.8 Å². The lowest BCUT2D eigenvalue weighted by Crippen LogP contribution is -2.29. The topological polar surface area (TPSA) is 80.4 Å². The number of unbranched alkanes of at least 4 members (excludes halogenated alkanes) is 2. The number of benzene rings is 2.